The van der Waals surface area contributed by atoms with Gasteiger partial charge in [0.2, 0.25) is 0 Å². The highest BCUT2D eigenvalue weighted by Crippen LogP contribution is 2.62. The Balaban J connectivity index is 1.55. The third kappa shape index (κ3) is 2.73. The molecule has 2 N–H and O–H groups in total. The first-order valence-electron chi connectivity index (χ1n) is 10.2. The highest BCUT2D eigenvalue weighted by atomic mass is 16.8. The van der Waals surface area contributed by atoms with Crippen molar-refractivity contribution in [3.63, 3.8) is 0 Å². The smallest absolute Gasteiger partial charge is 0.198 e. The maximum absolute atomic E-state index is 10.9. The molecule has 0 amide bonds. The summed E-state index contributed by atoms with van der Waals surface area (Å²) in [7, 11) is 1.71. The zero-order chi connectivity index (χ0) is 18.4. The van der Waals surface area contributed by atoms with Gasteiger partial charge >= 0.3 is 0 Å². The van der Waals surface area contributed by atoms with Crippen molar-refractivity contribution in [2.45, 2.75) is 81.4 Å². The van der Waals surface area contributed by atoms with Crippen LogP contribution in [0.3, 0.4) is 0 Å². The van der Waals surface area contributed by atoms with Crippen LogP contribution in [0, 0.1) is 29.6 Å². The molecule has 0 aromatic carbocycles. The predicted molar refractivity (Wildman–Crippen MR) is 96.2 cm³/mol. The highest BCUT2D eigenvalue weighted by molar-refractivity contribution is 5.26. The van der Waals surface area contributed by atoms with Crippen LogP contribution in [-0.2, 0) is 14.2 Å². The standard InChI is InChI=1S/C21H32O5/c1-19(23,15-6-4-3-5-7-15)10-8-16-17-14-21(25-12-13-26-21)20(17,24-2)11-9-18(16)22/h15-18,22-23H,3-7,9,11-14H2,1-2H3/t16-,17-,18-,19-,20-/m1/s1. The quantitative estimate of drug-likeness (QED) is 0.736. The van der Waals surface area contributed by atoms with Gasteiger partial charge in [0.15, 0.2) is 5.79 Å². The molecule has 146 valence electrons. The molecular weight excluding hydrogens is 332 g/mol. The van der Waals surface area contributed by atoms with Gasteiger partial charge in [-0.25, -0.2) is 0 Å². The lowest BCUT2D eigenvalue weighted by atomic mass is 9.52. The SMILES string of the molecule is CO[C@]12CC[C@@H](O)[C@H](C#C[C@@](C)(O)C3CCCCC3)[C@H]1CC21OCCO1. The van der Waals surface area contributed by atoms with E-state index in [-0.39, 0.29) is 17.8 Å². The third-order valence-corrected chi connectivity index (χ3v) is 7.40. The highest BCUT2D eigenvalue weighted by Gasteiger charge is 2.73. The molecular formula is C21H32O5. The summed E-state index contributed by atoms with van der Waals surface area (Å²) in [6.45, 7) is 3.01. The van der Waals surface area contributed by atoms with Gasteiger partial charge in [-0.15, -0.1) is 0 Å². The molecule has 4 rings (SSSR count). The van der Waals surface area contributed by atoms with Crippen molar-refractivity contribution in [2.75, 3.05) is 20.3 Å². The van der Waals surface area contributed by atoms with Gasteiger partial charge in [0.25, 0.3) is 0 Å². The Bertz CT molecular complexity index is 579. The molecule has 1 aliphatic heterocycles. The number of fused-ring (bicyclic) bond motifs is 2. The summed E-state index contributed by atoms with van der Waals surface area (Å²) >= 11 is 0. The van der Waals surface area contributed by atoms with E-state index in [2.05, 4.69) is 11.8 Å². The van der Waals surface area contributed by atoms with Crippen molar-refractivity contribution in [3.8, 4) is 11.8 Å². The van der Waals surface area contributed by atoms with Gasteiger partial charge in [0.05, 0.1) is 25.2 Å². The maximum Gasteiger partial charge on any atom is 0.198 e. The van der Waals surface area contributed by atoms with E-state index in [4.69, 9.17) is 14.2 Å². The van der Waals surface area contributed by atoms with Crippen LogP contribution >= 0.6 is 0 Å². The van der Waals surface area contributed by atoms with Gasteiger partial charge in [0, 0.05) is 19.4 Å². The topological polar surface area (TPSA) is 68.2 Å². The van der Waals surface area contributed by atoms with Crippen LogP contribution in [0.1, 0.15) is 58.3 Å². The zero-order valence-electron chi connectivity index (χ0n) is 16.0. The molecule has 0 bridgehead atoms. The van der Waals surface area contributed by atoms with Crippen LogP contribution in [0.25, 0.3) is 0 Å². The zero-order valence-corrected chi connectivity index (χ0v) is 16.0. The first kappa shape index (κ1) is 18.7. The number of hydrogen-bond acceptors (Lipinski definition) is 5. The summed E-state index contributed by atoms with van der Waals surface area (Å²) in [4.78, 5) is 0. The summed E-state index contributed by atoms with van der Waals surface area (Å²) in [6.07, 6.45) is 7.19. The van der Waals surface area contributed by atoms with Gasteiger partial charge in [-0.05, 0) is 38.5 Å². The molecule has 4 aliphatic rings. The molecule has 3 saturated carbocycles. The van der Waals surface area contributed by atoms with Crippen molar-refractivity contribution in [1.82, 2.24) is 0 Å². The summed E-state index contributed by atoms with van der Waals surface area (Å²) in [5, 5.41) is 21.5. The molecule has 0 aromatic rings. The van der Waals surface area contributed by atoms with E-state index < -0.39 is 23.1 Å². The fraction of sp³-hybridized carbons (Fsp3) is 0.905. The van der Waals surface area contributed by atoms with E-state index in [1.165, 1.54) is 19.3 Å². The van der Waals surface area contributed by atoms with Crippen molar-refractivity contribution >= 4 is 0 Å². The van der Waals surface area contributed by atoms with E-state index in [0.717, 1.165) is 12.8 Å². The largest absolute Gasteiger partial charge is 0.392 e. The van der Waals surface area contributed by atoms with E-state index in [9.17, 15) is 10.2 Å². The second-order valence-electron chi connectivity index (χ2n) is 8.74. The average molecular weight is 364 g/mol. The molecule has 0 aromatic heterocycles. The van der Waals surface area contributed by atoms with Crippen LogP contribution < -0.4 is 0 Å². The van der Waals surface area contributed by atoms with E-state index in [0.29, 0.717) is 32.5 Å². The summed E-state index contributed by atoms with van der Waals surface area (Å²) < 4.78 is 17.8. The second kappa shape index (κ2) is 6.76. The minimum absolute atomic E-state index is 0.0732. The van der Waals surface area contributed by atoms with E-state index >= 15 is 0 Å². The maximum atomic E-state index is 10.9. The number of ether oxygens (including phenoxy) is 3. The normalized spacial score (nSPS) is 41.6. The average Bonchev–Trinajstić information content (AvgIpc) is 3.14. The Morgan fingerprint density at radius 2 is 1.81 bits per heavy atom. The molecule has 0 radical (unpaired) electrons. The van der Waals surface area contributed by atoms with Gasteiger partial charge in [0.1, 0.15) is 11.2 Å². The monoisotopic (exact) mass is 364 g/mol. The van der Waals surface area contributed by atoms with Gasteiger partial charge in [-0.1, -0.05) is 31.1 Å². The lowest BCUT2D eigenvalue weighted by Crippen LogP contribution is -2.74. The lowest BCUT2D eigenvalue weighted by molar-refractivity contribution is -0.381. The third-order valence-electron chi connectivity index (χ3n) is 7.40. The lowest BCUT2D eigenvalue weighted by Gasteiger charge is -2.63. The fourth-order valence-corrected chi connectivity index (χ4v) is 5.80. The minimum Gasteiger partial charge on any atom is -0.392 e. The number of rotatable bonds is 2. The molecule has 0 unspecified atom stereocenters. The van der Waals surface area contributed by atoms with Gasteiger partial charge < -0.3 is 24.4 Å². The van der Waals surface area contributed by atoms with Crippen molar-refractivity contribution in [2.24, 2.45) is 17.8 Å². The molecule has 3 aliphatic carbocycles. The molecule has 4 fully saturated rings. The Morgan fingerprint density at radius 1 is 1.12 bits per heavy atom. The van der Waals surface area contributed by atoms with Gasteiger partial charge in [-0.2, -0.15) is 0 Å². The summed E-state index contributed by atoms with van der Waals surface area (Å²) in [6, 6.07) is 0. The molecule has 1 spiro atoms. The van der Waals surface area contributed by atoms with Crippen LogP contribution in [0.5, 0.6) is 0 Å². The molecule has 1 heterocycles. The number of aliphatic hydroxyl groups is 2. The van der Waals surface area contributed by atoms with Crippen LogP contribution in [0.2, 0.25) is 0 Å². The Labute approximate surface area is 156 Å². The second-order valence-corrected chi connectivity index (χ2v) is 8.74. The molecule has 5 atom stereocenters. The van der Waals surface area contributed by atoms with Crippen LogP contribution in [0.15, 0.2) is 0 Å². The first-order chi connectivity index (χ1) is 12.4. The number of methoxy groups -OCH3 is 1. The number of aliphatic hydroxyl groups excluding tert-OH is 1. The Kier molecular flexibility index (Phi) is 4.86. The summed E-state index contributed by atoms with van der Waals surface area (Å²) in [5.41, 5.74) is -1.52. The molecule has 26 heavy (non-hydrogen) atoms. The minimum atomic E-state index is -0.991. The van der Waals surface area contributed by atoms with E-state index in [1.54, 1.807) is 7.11 Å². The number of hydrogen-bond donors (Lipinski definition) is 2. The van der Waals surface area contributed by atoms with Crippen LogP contribution in [-0.4, -0.2) is 53.6 Å². The molecule has 1 saturated heterocycles. The Hall–Kier alpha value is -0.640. The molecule has 5 nitrogen and oxygen atoms in total. The predicted octanol–water partition coefficient (Wildman–Crippen LogP) is 2.24. The molecule has 5 heteroatoms. The Morgan fingerprint density at radius 3 is 2.46 bits per heavy atom. The first-order valence-corrected chi connectivity index (χ1v) is 10.2. The van der Waals surface area contributed by atoms with Crippen LogP contribution in [0.4, 0.5) is 0 Å². The van der Waals surface area contributed by atoms with Crippen molar-refractivity contribution < 1.29 is 24.4 Å². The van der Waals surface area contributed by atoms with Crippen molar-refractivity contribution in [3.05, 3.63) is 0 Å². The van der Waals surface area contributed by atoms with E-state index in [1.807, 2.05) is 6.92 Å². The summed E-state index contributed by atoms with van der Waals surface area (Å²) in [5.74, 6) is 5.83. The van der Waals surface area contributed by atoms with Crippen molar-refractivity contribution in [1.29, 1.82) is 0 Å². The fourth-order valence-electron chi connectivity index (χ4n) is 5.80. The van der Waals surface area contributed by atoms with Gasteiger partial charge in [-0.3, -0.25) is 0 Å².